The second-order valence-corrected chi connectivity index (χ2v) is 5.39. The van der Waals surface area contributed by atoms with E-state index in [9.17, 15) is 19.7 Å². The minimum absolute atomic E-state index is 0.105. The molecular weight excluding hydrogens is 334 g/mol. The average molecular weight is 348 g/mol. The third kappa shape index (κ3) is 4.53. The van der Waals surface area contributed by atoms with Gasteiger partial charge in [-0.25, -0.2) is 0 Å². The Morgan fingerprint density at radius 2 is 1.88 bits per heavy atom. The number of carbonyl (C=O) groups excluding carboxylic acids is 2. The summed E-state index contributed by atoms with van der Waals surface area (Å²) in [7, 11) is 0. The zero-order chi connectivity index (χ0) is 17.7. The predicted molar refractivity (Wildman–Crippen MR) is 91.2 cm³/mol. The van der Waals surface area contributed by atoms with Gasteiger partial charge in [0.15, 0.2) is 0 Å². The summed E-state index contributed by atoms with van der Waals surface area (Å²) in [4.78, 5) is 33.5. The maximum Gasteiger partial charge on any atom is 0.273 e. The van der Waals surface area contributed by atoms with Gasteiger partial charge in [-0.05, 0) is 18.2 Å². The number of hydrogen-bond acceptors (Lipinski definition) is 4. The minimum atomic E-state index is -0.526. The van der Waals surface area contributed by atoms with Crippen LogP contribution in [-0.2, 0) is 16.0 Å². The lowest BCUT2D eigenvalue weighted by Gasteiger charge is -2.09. The molecule has 2 aromatic rings. The molecule has 0 saturated heterocycles. The standard InChI is InChI=1S/C16H14ClN3O4/c1-10(21)18-14-7-6-12(9-13(14)17)19-16(22)8-11-4-2-3-5-15(11)20(23)24/h2-7,9H,8H2,1H3,(H,18,21)(H,19,22). The van der Waals surface area contributed by atoms with E-state index < -0.39 is 10.8 Å². The molecule has 0 bridgehead atoms. The van der Waals surface area contributed by atoms with Crippen LogP contribution < -0.4 is 10.6 Å². The van der Waals surface area contributed by atoms with Crippen LogP contribution >= 0.6 is 11.6 Å². The Kier molecular flexibility index (Phi) is 5.49. The average Bonchev–Trinajstić information content (AvgIpc) is 2.50. The van der Waals surface area contributed by atoms with E-state index in [1.807, 2.05) is 0 Å². The maximum atomic E-state index is 12.1. The highest BCUT2D eigenvalue weighted by atomic mass is 35.5. The summed E-state index contributed by atoms with van der Waals surface area (Å²) in [5.41, 5.74) is 1.08. The second kappa shape index (κ2) is 7.56. The molecule has 0 spiro atoms. The molecule has 7 nitrogen and oxygen atoms in total. The number of halogens is 1. The number of benzene rings is 2. The van der Waals surface area contributed by atoms with Gasteiger partial charge < -0.3 is 10.6 Å². The van der Waals surface area contributed by atoms with E-state index in [2.05, 4.69) is 10.6 Å². The van der Waals surface area contributed by atoms with Gasteiger partial charge in [-0.1, -0.05) is 29.8 Å². The number of nitro groups is 1. The summed E-state index contributed by atoms with van der Waals surface area (Å²) < 4.78 is 0. The van der Waals surface area contributed by atoms with Gasteiger partial charge in [0.25, 0.3) is 5.69 Å². The van der Waals surface area contributed by atoms with Gasteiger partial charge >= 0.3 is 0 Å². The quantitative estimate of drug-likeness (QED) is 0.639. The van der Waals surface area contributed by atoms with E-state index in [4.69, 9.17) is 11.6 Å². The van der Waals surface area contributed by atoms with Gasteiger partial charge in [0.2, 0.25) is 11.8 Å². The van der Waals surface area contributed by atoms with Crippen LogP contribution in [0.25, 0.3) is 0 Å². The van der Waals surface area contributed by atoms with E-state index in [1.54, 1.807) is 24.3 Å². The summed E-state index contributed by atoms with van der Waals surface area (Å²) in [6.45, 7) is 1.36. The van der Waals surface area contributed by atoms with Crippen LogP contribution in [0.15, 0.2) is 42.5 Å². The predicted octanol–water partition coefficient (Wildman–Crippen LogP) is 3.39. The number of amides is 2. The van der Waals surface area contributed by atoms with Crippen LogP contribution in [0.1, 0.15) is 12.5 Å². The number of para-hydroxylation sites is 1. The second-order valence-electron chi connectivity index (χ2n) is 4.99. The van der Waals surface area contributed by atoms with Crippen LogP contribution in [0.2, 0.25) is 5.02 Å². The molecule has 0 aromatic heterocycles. The topological polar surface area (TPSA) is 101 Å². The van der Waals surface area contributed by atoms with Gasteiger partial charge in [0.1, 0.15) is 0 Å². The van der Waals surface area contributed by atoms with Crippen LogP contribution in [0.4, 0.5) is 17.1 Å². The van der Waals surface area contributed by atoms with Crippen LogP contribution in [0.3, 0.4) is 0 Å². The van der Waals surface area contributed by atoms with Crippen LogP contribution in [0.5, 0.6) is 0 Å². The Morgan fingerprint density at radius 3 is 2.50 bits per heavy atom. The largest absolute Gasteiger partial charge is 0.326 e. The fourth-order valence-corrected chi connectivity index (χ4v) is 2.33. The molecule has 2 aromatic carbocycles. The van der Waals surface area contributed by atoms with Gasteiger partial charge in [-0.15, -0.1) is 0 Å². The molecule has 0 atom stereocenters. The molecule has 0 heterocycles. The SMILES string of the molecule is CC(=O)Nc1ccc(NC(=O)Cc2ccccc2[N+](=O)[O-])cc1Cl. The van der Waals surface area contributed by atoms with Gasteiger partial charge in [0, 0.05) is 24.2 Å². The van der Waals surface area contributed by atoms with Gasteiger partial charge in [-0.2, -0.15) is 0 Å². The molecule has 124 valence electrons. The van der Waals surface area contributed by atoms with E-state index >= 15 is 0 Å². The molecule has 2 rings (SSSR count). The first-order valence-electron chi connectivity index (χ1n) is 6.96. The third-order valence-electron chi connectivity index (χ3n) is 3.10. The van der Waals surface area contributed by atoms with Crippen LogP contribution in [0, 0.1) is 10.1 Å². The van der Waals surface area contributed by atoms with E-state index in [-0.39, 0.29) is 23.0 Å². The zero-order valence-corrected chi connectivity index (χ0v) is 13.5. The summed E-state index contributed by atoms with van der Waals surface area (Å²) in [6, 6.07) is 10.7. The first kappa shape index (κ1) is 17.4. The molecule has 2 amide bonds. The summed E-state index contributed by atoms with van der Waals surface area (Å²) in [5.74, 6) is -0.669. The maximum absolute atomic E-state index is 12.1. The molecule has 0 radical (unpaired) electrons. The highest BCUT2D eigenvalue weighted by molar-refractivity contribution is 6.34. The molecule has 2 N–H and O–H groups in total. The van der Waals surface area contributed by atoms with E-state index in [0.29, 0.717) is 16.9 Å². The van der Waals surface area contributed by atoms with Gasteiger partial charge in [0.05, 0.1) is 22.1 Å². The number of rotatable bonds is 5. The van der Waals surface area contributed by atoms with Gasteiger partial charge in [-0.3, -0.25) is 19.7 Å². The molecule has 8 heteroatoms. The normalized spacial score (nSPS) is 10.1. The van der Waals surface area contributed by atoms with E-state index in [0.717, 1.165) is 0 Å². The minimum Gasteiger partial charge on any atom is -0.326 e. The lowest BCUT2D eigenvalue weighted by molar-refractivity contribution is -0.385. The van der Waals surface area contributed by atoms with Crippen molar-refractivity contribution in [2.45, 2.75) is 13.3 Å². The first-order chi connectivity index (χ1) is 11.4. The van der Waals surface area contributed by atoms with Crippen molar-refractivity contribution in [3.8, 4) is 0 Å². The Bertz CT molecular complexity index is 808. The molecular formula is C16H14ClN3O4. The number of nitrogens with one attached hydrogen (secondary N) is 2. The van der Waals surface area contributed by atoms with Crippen molar-refractivity contribution in [2.24, 2.45) is 0 Å². The molecule has 0 fully saturated rings. The number of anilines is 2. The Hall–Kier alpha value is -2.93. The van der Waals surface area contributed by atoms with Crippen molar-refractivity contribution >= 4 is 40.5 Å². The summed E-state index contributed by atoms with van der Waals surface area (Å²) >= 11 is 6.03. The fraction of sp³-hybridized carbons (Fsp3) is 0.125. The highest BCUT2D eigenvalue weighted by Crippen LogP contribution is 2.26. The lowest BCUT2D eigenvalue weighted by Crippen LogP contribution is -2.15. The Morgan fingerprint density at radius 1 is 1.17 bits per heavy atom. The molecule has 0 aliphatic carbocycles. The van der Waals surface area contributed by atoms with Crippen LogP contribution in [-0.4, -0.2) is 16.7 Å². The number of nitrogens with zero attached hydrogens (tertiary/aromatic N) is 1. The van der Waals surface area contributed by atoms with Crippen molar-refractivity contribution in [1.29, 1.82) is 0 Å². The molecule has 0 aliphatic heterocycles. The Balaban J connectivity index is 2.09. The monoisotopic (exact) mass is 347 g/mol. The summed E-state index contributed by atoms with van der Waals surface area (Å²) in [5, 5.41) is 16.4. The molecule has 0 saturated carbocycles. The summed E-state index contributed by atoms with van der Waals surface area (Å²) in [6.07, 6.45) is -0.137. The highest BCUT2D eigenvalue weighted by Gasteiger charge is 2.15. The van der Waals surface area contributed by atoms with Crippen molar-refractivity contribution in [3.05, 3.63) is 63.2 Å². The number of carbonyl (C=O) groups is 2. The number of hydrogen-bond donors (Lipinski definition) is 2. The zero-order valence-electron chi connectivity index (χ0n) is 12.7. The fourth-order valence-electron chi connectivity index (χ4n) is 2.10. The van der Waals surface area contributed by atoms with Crippen molar-refractivity contribution < 1.29 is 14.5 Å². The van der Waals surface area contributed by atoms with E-state index in [1.165, 1.54) is 25.1 Å². The molecule has 0 aliphatic rings. The smallest absolute Gasteiger partial charge is 0.273 e. The number of nitro benzene ring substituents is 1. The molecule has 0 unspecified atom stereocenters. The first-order valence-corrected chi connectivity index (χ1v) is 7.34. The Labute approximate surface area is 142 Å². The van der Waals surface area contributed by atoms with Crippen molar-refractivity contribution in [1.82, 2.24) is 0 Å². The van der Waals surface area contributed by atoms with Crippen molar-refractivity contribution in [3.63, 3.8) is 0 Å². The third-order valence-corrected chi connectivity index (χ3v) is 3.42. The van der Waals surface area contributed by atoms with Crippen molar-refractivity contribution in [2.75, 3.05) is 10.6 Å². The lowest BCUT2D eigenvalue weighted by atomic mass is 10.1. The molecule has 24 heavy (non-hydrogen) atoms.